The van der Waals surface area contributed by atoms with Crippen molar-refractivity contribution in [3.8, 4) is 11.5 Å². The van der Waals surface area contributed by atoms with E-state index in [1.807, 2.05) is 12.1 Å². The number of aliphatic hydroxyl groups is 1. The normalized spacial score (nSPS) is 38.3. The van der Waals surface area contributed by atoms with E-state index in [2.05, 4.69) is 0 Å². The fourth-order valence-electron chi connectivity index (χ4n) is 6.79. The van der Waals surface area contributed by atoms with Gasteiger partial charge in [0.2, 0.25) is 0 Å². The van der Waals surface area contributed by atoms with Gasteiger partial charge in [0.1, 0.15) is 11.6 Å². The number of ether oxygens (including phenoxy) is 2. The van der Waals surface area contributed by atoms with E-state index in [-0.39, 0.29) is 23.7 Å². The average Bonchev–Trinajstić information content (AvgIpc) is 3.45. The first-order chi connectivity index (χ1) is 14.3. The Labute approximate surface area is 176 Å². The zero-order valence-electron chi connectivity index (χ0n) is 17.7. The molecule has 1 aromatic rings. The van der Waals surface area contributed by atoms with Crippen molar-refractivity contribution in [2.45, 2.75) is 75.5 Å². The van der Waals surface area contributed by atoms with Gasteiger partial charge in [-0.2, -0.15) is 0 Å². The summed E-state index contributed by atoms with van der Waals surface area (Å²) in [5, 5.41) is 12.2. The van der Waals surface area contributed by atoms with E-state index in [1.165, 1.54) is 17.7 Å². The number of carbonyl (C=O) groups excluding carboxylic acids is 2. The molecule has 2 aliphatic heterocycles. The van der Waals surface area contributed by atoms with Gasteiger partial charge in [-0.1, -0.05) is 19.9 Å². The Balaban J connectivity index is 1.50. The SMILES string of the molecule is CC(C)C(=O)Oc1ccc2c3c1O[C@H]1C(=O)CC[C@@]4(O)C(C2)[NH+](CC2CC2)CC[C@]314. The van der Waals surface area contributed by atoms with Crippen LogP contribution >= 0.6 is 0 Å². The molecule has 5 aliphatic rings. The van der Waals surface area contributed by atoms with Gasteiger partial charge in [0.05, 0.1) is 24.4 Å². The van der Waals surface area contributed by atoms with Gasteiger partial charge in [0, 0.05) is 30.7 Å². The zero-order chi connectivity index (χ0) is 20.8. The predicted octanol–water partition coefficient (Wildman–Crippen LogP) is 0.964. The number of esters is 1. The van der Waals surface area contributed by atoms with Crippen LogP contribution in [0.3, 0.4) is 0 Å². The molecule has 1 spiro atoms. The molecule has 2 bridgehead atoms. The van der Waals surface area contributed by atoms with Gasteiger partial charge in [-0.25, -0.2) is 0 Å². The Morgan fingerprint density at radius 2 is 2.13 bits per heavy atom. The van der Waals surface area contributed by atoms with Crippen molar-refractivity contribution in [3.05, 3.63) is 23.3 Å². The Bertz CT molecular complexity index is 953. The van der Waals surface area contributed by atoms with Crippen LogP contribution in [0.25, 0.3) is 0 Å². The number of benzene rings is 1. The second-order valence-corrected chi connectivity index (χ2v) is 10.4. The van der Waals surface area contributed by atoms with Gasteiger partial charge in [-0.15, -0.1) is 0 Å². The third kappa shape index (κ3) is 2.27. The molecule has 6 rings (SSSR count). The van der Waals surface area contributed by atoms with Gasteiger partial charge < -0.3 is 19.5 Å². The van der Waals surface area contributed by atoms with E-state index >= 15 is 0 Å². The molecule has 3 aliphatic carbocycles. The van der Waals surface area contributed by atoms with E-state index in [1.54, 1.807) is 13.8 Å². The zero-order valence-corrected chi connectivity index (χ0v) is 17.7. The Morgan fingerprint density at radius 3 is 2.87 bits per heavy atom. The smallest absolute Gasteiger partial charge is 0.313 e. The number of likely N-dealkylation sites (tertiary alicyclic amines) is 1. The molecule has 3 fully saturated rings. The molecular formula is C24H30NO5+. The van der Waals surface area contributed by atoms with Crippen LogP contribution in [0.15, 0.2) is 12.1 Å². The third-order valence-electron chi connectivity index (χ3n) is 8.42. The van der Waals surface area contributed by atoms with Crippen molar-refractivity contribution in [1.82, 2.24) is 0 Å². The minimum absolute atomic E-state index is 0.0641. The highest BCUT2D eigenvalue weighted by Crippen LogP contribution is 2.63. The summed E-state index contributed by atoms with van der Waals surface area (Å²) in [6.07, 6.45) is 4.30. The van der Waals surface area contributed by atoms with Gasteiger partial charge in [0.15, 0.2) is 23.4 Å². The molecule has 30 heavy (non-hydrogen) atoms. The highest BCUT2D eigenvalue weighted by Gasteiger charge is 2.75. The lowest BCUT2D eigenvalue weighted by Gasteiger charge is -2.60. The molecule has 5 atom stereocenters. The highest BCUT2D eigenvalue weighted by atomic mass is 16.6. The molecule has 1 aromatic carbocycles. The molecule has 1 saturated heterocycles. The summed E-state index contributed by atoms with van der Waals surface area (Å²) in [5.41, 5.74) is 0.434. The number of piperidine rings is 1. The largest absolute Gasteiger partial charge is 0.477 e. The molecule has 0 radical (unpaired) electrons. The van der Waals surface area contributed by atoms with Crippen LogP contribution in [-0.2, 0) is 21.4 Å². The lowest BCUT2D eigenvalue weighted by molar-refractivity contribution is -0.943. The predicted molar refractivity (Wildman–Crippen MR) is 108 cm³/mol. The second kappa shape index (κ2) is 6.07. The molecule has 6 heteroatoms. The van der Waals surface area contributed by atoms with Crippen LogP contribution in [0.5, 0.6) is 11.5 Å². The van der Waals surface area contributed by atoms with Crippen LogP contribution in [0, 0.1) is 11.8 Å². The summed E-state index contributed by atoms with van der Waals surface area (Å²) >= 11 is 0. The Morgan fingerprint density at radius 1 is 1.33 bits per heavy atom. The van der Waals surface area contributed by atoms with Gasteiger partial charge in [-0.05, 0) is 30.9 Å². The molecule has 6 nitrogen and oxygen atoms in total. The monoisotopic (exact) mass is 412 g/mol. The van der Waals surface area contributed by atoms with E-state index in [9.17, 15) is 14.7 Å². The van der Waals surface area contributed by atoms with Crippen LogP contribution in [0.4, 0.5) is 0 Å². The quantitative estimate of drug-likeness (QED) is 0.569. The first-order valence-corrected chi connectivity index (χ1v) is 11.5. The fourth-order valence-corrected chi connectivity index (χ4v) is 6.79. The third-order valence-corrected chi connectivity index (χ3v) is 8.42. The number of Topliss-reactive ketones (excluding diaryl/α,β-unsaturated/α-hetero) is 1. The number of hydrogen-bond acceptors (Lipinski definition) is 5. The summed E-state index contributed by atoms with van der Waals surface area (Å²) in [7, 11) is 0. The lowest BCUT2D eigenvalue weighted by atomic mass is 9.49. The summed E-state index contributed by atoms with van der Waals surface area (Å²) in [6.45, 7) is 5.66. The summed E-state index contributed by atoms with van der Waals surface area (Å²) in [4.78, 5) is 26.8. The topological polar surface area (TPSA) is 77.3 Å². The second-order valence-electron chi connectivity index (χ2n) is 10.4. The molecule has 2 N–H and O–H groups in total. The molecular weight excluding hydrogens is 382 g/mol. The van der Waals surface area contributed by atoms with E-state index in [0.29, 0.717) is 24.3 Å². The minimum Gasteiger partial charge on any atom is -0.477 e. The highest BCUT2D eigenvalue weighted by molar-refractivity contribution is 5.90. The molecule has 0 amide bonds. The molecule has 2 unspecified atom stereocenters. The van der Waals surface area contributed by atoms with Crippen molar-refractivity contribution < 1.29 is 29.1 Å². The number of ketones is 1. The van der Waals surface area contributed by atoms with Gasteiger partial charge >= 0.3 is 5.97 Å². The van der Waals surface area contributed by atoms with Crippen LogP contribution < -0.4 is 14.4 Å². The maximum atomic E-state index is 13.0. The first-order valence-electron chi connectivity index (χ1n) is 11.5. The number of quaternary nitrogens is 1. The van der Waals surface area contributed by atoms with Crippen molar-refractivity contribution in [1.29, 1.82) is 0 Å². The van der Waals surface area contributed by atoms with Gasteiger partial charge in [-0.3, -0.25) is 9.59 Å². The Kier molecular flexibility index (Phi) is 3.81. The van der Waals surface area contributed by atoms with Crippen LogP contribution in [-0.4, -0.2) is 47.7 Å². The number of nitrogens with one attached hydrogen (secondary N) is 1. The van der Waals surface area contributed by atoms with Crippen LogP contribution in [0.1, 0.15) is 57.1 Å². The summed E-state index contributed by atoms with van der Waals surface area (Å²) < 4.78 is 12.0. The minimum atomic E-state index is -0.951. The van der Waals surface area contributed by atoms with E-state index in [4.69, 9.17) is 9.47 Å². The van der Waals surface area contributed by atoms with Gasteiger partial charge in [0.25, 0.3) is 0 Å². The molecule has 0 aromatic heterocycles. The maximum Gasteiger partial charge on any atom is 0.313 e. The average molecular weight is 413 g/mol. The maximum absolute atomic E-state index is 13.0. The first kappa shape index (κ1) is 18.8. The summed E-state index contributed by atoms with van der Waals surface area (Å²) in [6, 6.07) is 3.93. The molecule has 160 valence electrons. The standard InChI is InChI=1S/C24H29NO5/c1-13(2)22(27)29-17-6-5-15-11-18-24(28)8-7-16(26)21-23(24,19(15)20(17)30-21)9-10-25(18)12-14-3-4-14/h5-6,13-14,18,21,28H,3-4,7-12H2,1-2H3/p+1/t18?,21-,23-,24+/m0/s1. The summed E-state index contributed by atoms with van der Waals surface area (Å²) in [5.74, 6) is 1.18. The fraction of sp³-hybridized carbons (Fsp3) is 0.667. The van der Waals surface area contributed by atoms with Crippen molar-refractivity contribution in [2.75, 3.05) is 13.1 Å². The number of hydrogen-bond donors (Lipinski definition) is 2. The number of carbonyl (C=O) groups is 2. The Hall–Kier alpha value is -1.92. The van der Waals surface area contributed by atoms with Crippen LogP contribution in [0.2, 0.25) is 0 Å². The molecule has 2 heterocycles. The molecule has 2 saturated carbocycles. The van der Waals surface area contributed by atoms with Crippen molar-refractivity contribution in [3.63, 3.8) is 0 Å². The van der Waals surface area contributed by atoms with Crippen molar-refractivity contribution in [2.24, 2.45) is 11.8 Å². The van der Waals surface area contributed by atoms with Crippen molar-refractivity contribution >= 4 is 11.8 Å². The van der Waals surface area contributed by atoms with E-state index in [0.717, 1.165) is 43.0 Å². The number of rotatable bonds is 4. The lowest BCUT2D eigenvalue weighted by Crippen LogP contribution is -3.21. The van der Waals surface area contributed by atoms with E-state index < -0.39 is 17.1 Å².